The second-order valence-electron chi connectivity index (χ2n) is 9.22. The zero-order valence-electron chi connectivity index (χ0n) is 18.4. The predicted molar refractivity (Wildman–Crippen MR) is 124 cm³/mol. The number of hydrogen-bond acceptors (Lipinski definition) is 3. The highest BCUT2D eigenvalue weighted by atomic mass is 19.1. The van der Waals surface area contributed by atoms with E-state index in [1.807, 2.05) is 30.3 Å². The molecule has 1 amide bonds. The molecule has 0 heterocycles. The molecule has 2 aromatic carbocycles. The van der Waals surface area contributed by atoms with Gasteiger partial charge in [0.2, 0.25) is 5.91 Å². The quantitative estimate of drug-likeness (QED) is 0.510. The van der Waals surface area contributed by atoms with Crippen molar-refractivity contribution in [2.45, 2.75) is 50.9 Å². The van der Waals surface area contributed by atoms with Crippen LogP contribution >= 0.6 is 0 Å². The third-order valence-corrected chi connectivity index (χ3v) is 6.94. The van der Waals surface area contributed by atoms with Gasteiger partial charge in [-0.15, -0.1) is 0 Å². The third kappa shape index (κ3) is 5.14. The minimum atomic E-state index is -0.827. The summed E-state index contributed by atoms with van der Waals surface area (Å²) in [6, 6.07) is 14.0. The molecule has 2 fully saturated rings. The average Bonchev–Trinajstić information content (AvgIpc) is 3.40. The number of benzene rings is 2. The summed E-state index contributed by atoms with van der Waals surface area (Å²) in [6.07, 6.45) is 8.69. The average molecular weight is 447 g/mol. The van der Waals surface area contributed by atoms with Crippen molar-refractivity contribution in [2.24, 2.45) is 11.3 Å². The molecule has 0 spiro atoms. The van der Waals surface area contributed by atoms with Gasteiger partial charge in [-0.2, -0.15) is 5.26 Å². The summed E-state index contributed by atoms with van der Waals surface area (Å²) >= 11 is 0. The van der Waals surface area contributed by atoms with Gasteiger partial charge in [0.15, 0.2) is 0 Å². The molecule has 170 valence electrons. The molecule has 2 aliphatic rings. The first-order chi connectivity index (χ1) is 15.9. The van der Waals surface area contributed by atoms with E-state index in [0.717, 1.165) is 36.8 Å². The molecule has 0 aromatic heterocycles. The highest BCUT2D eigenvalue weighted by Gasteiger charge is 2.50. The number of anilines is 1. The smallest absolute Gasteiger partial charge is 0.309 e. The normalized spacial score (nSPS) is 18.1. The summed E-state index contributed by atoms with van der Waals surface area (Å²) in [6.45, 7) is 0. The molecule has 33 heavy (non-hydrogen) atoms. The van der Waals surface area contributed by atoms with Crippen molar-refractivity contribution in [1.29, 1.82) is 5.26 Å². The Bertz CT molecular complexity index is 1110. The molecule has 2 saturated carbocycles. The van der Waals surface area contributed by atoms with Gasteiger partial charge in [-0.3, -0.25) is 9.59 Å². The topological polar surface area (TPSA) is 90.2 Å². The fourth-order valence-corrected chi connectivity index (χ4v) is 4.87. The molecule has 0 radical (unpaired) electrons. The summed E-state index contributed by atoms with van der Waals surface area (Å²) in [5, 5.41) is 21.0. The monoisotopic (exact) mass is 446 g/mol. The van der Waals surface area contributed by atoms with Crippen molar-refractivity contribution in [2.75, 3.05) is 5.32 Å². The minimum absolute atomic E-state index is 0.0928. The van der Waals surface area contributed by atoms with E-state index in [-0.39, 0.29) is 17.5 Å². The highest BCUT2D eigenvalue weighted by molar-refractivity contribution is 5.96. The van der Waals surface area contributed by atoms with E-state index < -0.39 is 23.1 Å². The molecule has 4 rings (SSSR count). The van der Waals surface area contributed by atoms with Crippen LogP contribution in [0.3, 0.4) is 0 Å². The SMILES string of the molecule is N#C/C=C/c1ccc(C(C(=O)Nc2cc(CC3(C(=O)O)CC3)ccc2F)C2CCCC2)cc1. The van der Waals surface area contributed by atoms with Gasteiger partial charge in [-0.05, 0) is 72.9 Å². The van der Waals surface area contributed by atoms with Crippen LogP contribution in [0.25, 0.3) is 6.08 Å². The van der Waals surface area contributed by atoms with Gasteiger partial charge in [0.05, 0.1) is 23.1 Å². The number of aliphatic carboxylic acids is 1. The Morgan fingerprint density at radius 3 is 2.48 bits per heavy atom. The van der Waals surface area contributed by atoms with Crippen LogP contribution in [-0.2, 0) is 16.0 Å². The minimum Gasteiger partial charge on any atom is -0.481 e. The molecular formula is C27H27FN2O3. The van der Waals surface area contributed by atoms with Crippen molar-refractivity contribution < 1.29 is 19.1 Å². The Hall–Kier alpha value is -3.46. The molecule has 2 N–H and O–H groups in total. The molecule has 2 aromatic rings. The lowest BCUT2D eigenvalue weighted by atomic mass is 9.83. The number of carboxylic acids is 1. The Kier molecular flexibility index (Phi) is 6.60. The van der Waals surface area contributed by atoms with Crippen LogP contribution < -0.4 is 5.32 Å². The molecule has 1 atom stereocenters. The fourth-order valence-electron chi connectivity index (χ4n) is 4.87. The van der Waals surface area contributed by atoms with Crippen molar-refractivity contribution in [3.05, 3.63) is 71.0 Å². The van der Waals surface area contributed by atoms with Crippen LogP contribution in [0, 0.1) is 28.5 Å². The maximum absolute atomic E-state index is 14.6. The van der Waals surface area contributed by atoms with Gasteiger partial charge < -0.3 is 10.4 Å². The highest BCUT2D eigenvalue weighted by Crippen LogP contribution is 2.49. The van der Waals surface area contributed by atoms with Crippen LogP contribution in [-0.4, -0.2) is 17.0 Å². The van der Waals surface area contributed by atoms with Crippen LogP contribution in [0.1, 0.15) is 61.1 Å². The van der Waals surface area contributed by atoms with E-state index >= 15 is 0 Å². The Morgan fingerprint density at radius 2 is 1.88 bits per heavy atom. The van der Waals surface area contributed by atoms with Gasteiger partial charge in [0.1, 0.15) is 5.82 Å². The number of halogens is 1. The van der Waals surface area contributed by atoms with Crippen molar-refractivity contribution >= 4 is 23.6 Å². The number of carbonyl (C=O) groups is 2. The molecule has 0 bridgehead atoms. The summed E-state index contributed by atoms with van der Waals surface area (Å²) in [5.41, 5.74) is 1.78. The Labute approximate surface area is 192 Å². The lowest BCUT2D eigenvalue weighted by molar-refractivity contribution is -0.143. The first-order valence-corrected chi connectivity index (χ1v) is 11.4. The summed E-state index contributed by atoms with van der Waals surface area (Å²) < 4.78 is 14.6. The standard InChI is InChI=1S/C27H27FN2O3/c28-22-12-9-19(17-27(13-14-27)26(32)33)16-23(22)30-25(31)24(20-5-1-2-6-20)21-10-7-18(8-11-21)4-3-15-29/h3-4,7-12,16,20,24H,1-2,5-6,13-14,17H2,(H,30,31)(H,32,33)/b4-3+. The number of nitriles is 1. The molecular weight excluding hydrogens is 419 g/mol. The van der Waals surface area contributed by atoms with E-state index in [2.05, 4.69) is 5.32 Å². The Balaban J connectivity index is 1.56. The van der Waals surface area contributed by atoms with Crippen LogP contribution in [0.2, 0.25) is 0 Å². The van der Waals surface area contributed by atoms with Gasteiger partial charge >= 0.3 is 5.97 Å². The van der Waals surface area contributed by atoms with Gasteiger partial charge in [-0.25, -0.2) is 4.39 Å². The second kappa shape index (κ2) is 9.58. The zero-order chi connectivity index (χ0) is 23.4. The summed E-state index contributed by atoms with van der Waals surface area (Å²) in [7, 11) is 0. The molecule has 2 aliphatic carbocycles. The summed E-state index contributed by atoms with van der Waals surface area (Å²) in [4.78, 5) is 24.9. The summed E-state index contributed by atoms with van der Waals surface area (Å²) in [5.74, 6) is -1.84. The molecule has 0 saturated heterocycles. The lowest BCUT2D eigenvalue weighted by Crippen LogP contribution is -2.27. The predicted octanol–water partition coefficient (Wildman–Crippen LogP) is 5.68. The number of nitrogens with zero attached hydrogens (tertiary/aromatic N) is 1. The van der Waals surface area contributed by atoms with Crippen LogP contribution in [0.4, 0.5) is 10.1 Å². The lowest BCUT2D eigenvalue weighted by Gasteiger charge is -2.24. The van der Waals surface area contributed by atoms with E-state index in [1.54, 1.807) is 18.2 Å². The van der Waals surface area contributed by atoms with E-state index in [9.17, 15) is 19.1 Å². The van der Waals surface area contributed by atoms with Crippen molar-refractivity contribution in [3.8, 4) is 6.07 Å². The fraction of sp³-hybridized carbons (Fsp3) is 0.370. The van der Waals surface area contributed by atoms with Crippen LogP contribution in [0.5, 0.6) is 0 Å². The molecule has 1 unspecified atom stereocenters. The van der Waals surface area contributed by atoms with Gasteiger partial charge in [-0.1, -0.05) is 43.2 Å². The van der Waals surface area contributed by atoms with Crippen LogP contribution in [0.15, 0.2) is 48.5 Å². The number of allylic oxidation sites excluding steroid dienone is 1. The van der Waals surface area contributed by atoms with Crippen molar-refractivity contribution in [1.82, 2.24) is 0 Å². The Morgan fingerprint density at radius 1 is 1.18 bits per heavy atom. The van der Waals surface area contributed by atoms with E-state index in [4.69, 9.17) is 5.26 Å². The number of nitrogens with one attached hydrogen (secondary N) is 1. The first-order valence-electron chi connectivity index (χ1n) is 11.4. The maximum Gasteiger partial charge on any atom is 0.309 e. The number of carboxylic acid groups (broad SMARTS) is 1. The van der Waals surface area contributed by atoms with E-state index in [1.165, 1.54) is 12.1 Å². The molecule has 6 heteroatoms. The molecule has 0 aliphatic heterocycles. The largest absolute Gasteiger partial charge is 0.481 e. The van der Waals surface area contributed by atoms with E-state index in [0.29, 0.717) is 24.8 Å². The van der Waals surface area contributed by atoms with Gasteiger partial charge in [0.25, 0.3) is 0 Å². The number of hydrogen-bond donors (Lipinski definition) is 2. The number of carbonyl (C=O) groups excluding carboxylic acids is 1. The number of amides is 1. The second-order valence-corrected chi connectivity index (χ2v) is 9.22. The first kappa shape index (κ1) is 22.7. The third-order valence-electron chi connectivity index (χ3n) is 6.94. The van der Waals surface area contributed by atoms with Crippen molar-refractivity contribution in [3.63, 3.8) is 0 Å². The zero-order valence-corrected chi connectivity index (χ0v) is 18.4. The molecule has 5 nitrogen and oxygen atoms in total. The maximum atomic E-state index is 14.6. The number of rotatable bonds is 8. The van der Waals surface area contributed by atoms with Gasteiger partial charge in [0, 0.05) is 6.08 Å².